The molecule has 2 heterocycles. The first kappa shape index (κ1) is 15.9. The second kappa shape index (κ2) is 5.41. The molecule has 6 aromatic rings. The molecule has 31 heavy (non-hydrogen) atoms. The molecule has 2 aliphatic rings. The molecule has 0 radical (unpaired) electrons. The highest BCUT2D eigenvalue weighted by atomic mass is 15.0. The van der Waals surface area contributed by atoms with Crippen molar-refractivity contribution in [3.8, 4) is 22.3 Å². The third-order valence-electron chi connectivity index (χ3n) is 7.30. The number of rotatable bonds is 0. The topological polar surface area (TPSA) is 17.3 Å². The normalized spacial score (nSPS) is 13.5. The van der Waals surface area contributed by atoms with Gasteiger partial charge in [0, 0.05) is 23.2 Å². The lowest BCUT2D eigenvalue weighted by atomic mass is 9.93. The third-order valence-corrected chi connectivity index (χ3v) is 7.30. The van der Waals surface area contributed by atoms with Gasteiger partial charge in [-0.15, -0.1) is 0 Å². The van der Waals surface area contributed by atoms with E-state index in [1.807, 2.05) is 6.20 Å². The molecular formula is C29H18N2. The van der Waals surface area contributed by atoms with E-state index < -0.39 is 0 Å². The smallest absolute Gasteiger partial charge is 0.145 e. The second-order valence-electron chi connectivity index (χ2n) is 8.83. The molecular weight excluding hydrogens is 376 g/mol. The van der Waals surface area contributed by atoms with Crippen molar-refractivity contribution in [2.75, 3.05) is 0 Å². The van der Waals surface area contributed by atoms with Gasteiger partial charge in [0.1, 0.15) is 5.65 Å². The average Bonchev–Trinajstić information content (AvgIpc) is 3.52. The van der Waals surface area contributed by atoms with E-state index in [0.29, 0.717) is 0 Å². The van der Waals surface area contributed by atoms with Crippen LogP contribution in [0.4, 0.5) is 0 Å². The van der Waals surface area contributed by atoms with Gasteiger partial charge in [-0.25, -0.2) is 4.98 Å². The number of imidazole rings is 1. The van der Waals surface area contributed by atoms with Crippen LogP contribution in [0.25, 0.3) is 49.6 Å². The van der Waals surface area contributed by atoms with Gasteiger partial charge in [0.15, 0.2) is 0 Å². The highest BCUT2D eigenvalue weighted by molar-refractivity contribution is 6.14. The number of hydrogen-bond acceptors (Lipinski definition) is 1. The molecule has 0 aliphatic heterocycles. The summed E-state index contributed by atoms with van der Waals surface area (Å²) in [7, 11) is 0. The predicted octanol–water partition coefficient (Wildman–Crippen LogP) is 6.78. The quantitative estimate of drug-likeness (QED) is 0.259. The van der Waals surface area contributed by atoms with Gasteiger partial charge < -0.3 is 0 Å². The molecule has 2 heteroatoms. The van der Waals surface area contributed by atoms with Gasteiger partial charge in [-0.2, -0.15) is 0 Å². The third kappa shape index (κ3) is 1.91. The van der Waals surface area contributed by atoms with Crippen LogP contribution in [0, 0.1) is 0 Å². The summed E-state index contributed by atoms with van der Waals surface area (Å²) in [6.45, 7) is 0. The van der Waals surface area contributed by atoms with Gasteiger partial charge in [0.2, 0.25) is 0 Å². The zero-order valence-electron chi connectivity index (χ0n) is 16.9. The summed E-state index contributed by atoms with van der Waals surface area (Å²) in [5, 5.41) is 3.83. The minimum atomic E-state index is 1.00. The number of pyridine rings is 1. The lowest BCUT2D eigenvalue weighted by molar-refractivity contribution is 1.23. The minimum absolute atomic E-state index is 1.00. The first-order valence-electron chi connectivity index (χ1n) is 10.9. The van der Waals surface area contributed by atoms with Crippen LogP contribution in [0.2, 0.25) is 0 Å². The summed E-state index contributed by atoms with van der Waals surface area (Å²) in [6.07, 6.45) is 6.02. The van der Waals surface area contributed by atoms with Gasteiger partial charge in [-0.05, 0) is 80.9 Å². The van der Waals surface area contributed by atoms with Crippen LogP contribution in [-0.2, 0) is 12.8 Å². The van der Waals surface area contributed by atoms with Crippen molar-refractivity contribution in [2.45, 2.75) is 12.8 Å². The Morgan fingerprint density at radius 3 is 2.55 bits per heavy atom. The fraction of sp³-hybridized carbons (Fsp3) is 0.0690. The van der Waals surface area contributed by atoms with Crippen molar-refractivity contribution < 1.29 is 0 Å². The number of benzene rings is 4. The van der Waals surface area contributed by atoms with Gasteiger partial charge in [0.25, 0.3) is 0 Å². The van der Waals surface area contributed by atoms with E-state index in [0.717, 1.165) is 18.5 Å². The molecule has 0 amide bonds. The zero-order chi connectivity index (χ0) is 20.1. The average molecular weight is 394 g/mol. The predicted molar refractivity (Wildman–Crippen MR) is 127 cm³/mol. The van der Waals surface area contributed by atoms with E-state index in [9.17, 15) is 0 Å². The fourth-order valence-electron chi connectivity index (χ4n) is 5.99. The maximum absolute atomic E-state index is 4.72. The Morgan fingerprint density at radius 2 is 1.55 bits per heavy atom. The van der Waals surface area contributed by atoms with Crippen molar-refractivity contribution in [3.63, 3.8) is 0 Å². The van der Waals surface area contributed by atoms with E-state index in [4.69, 9.17) is 4.98 Å². The maximum Gasteiger partial charge on any atom is 0.145 e. The Kier molecular flexibility index (Phi) is 2.77. The maximum atomic E-state index is 4.72. The molecule has 2 aliphatic carbocycles. The van der Waals surface area contributed by atoms with Gasteiger partial charge >= 0.3 is 0 Å². The molecule has 144 valence electrons. The molecule has 0 spiro atoms. The minimum Gasteiger partial charge on any atom is -0.299 e. The molecule has 0 unspecified atom stereocenters. The lowest BCUT2D eigenvalue weighted by Gasteiger charge is -2.12. The van der Waals surface area contributed by atoms with Crippen molar-refractivity contribution in [1.29, 1.82) is 0 Å². The van der Waals surface area contributed by atoms with Crippen LogP contribution < -0.4 is 0 Å². The molecule has 2 nitrogen and oxygen atoms in total. The lowest BCUT2D eigenvalue weighted by Crippen LogP contribution is -1.92. The molecule has 0 N–H and O–H groups in total. The summed E-state index contributed by atoms with van der Waals surface area (Å²) in [5.41, 5.74) is 13.8. The van der Waals surface area contributed by atoms with Crippen molar-refractivity contribution in [2.24, 2.45) is 0 Å². The van der Waals surface area contributed by atoms with Crippen molar-refractivity contribution in [1.82, 2.24) is 9.38 Å². The van der Waals surface area contributed by atoms with Crippen molar-refractivity contribution >= 4 is 27.3 Å². The Labute approximate surface area is 179 Å². The van der Waals surface area contributed by atoms with E-state index in [1.165, 1.54) is 66.2 Å². The summed E-state index contributed by atoms with van der Waals surface area (Å²) in [5.74, 6) is 0. The van der Waals surface area contributed by atoms with E-state index in [2.05, 4.69) is 83.4 Å². The Hall–Kier alpha value is -3.91. The number of fused-ring (bicyclic) bond motifs is 13. The zero-order valence-corrected chi connectivity index (χ0v) is 16.9. The fourth-order valence-corrected chi connectivity index (χ4v) is 5.99. The number of hydrogen-bond donors (Lipinski definition) is 0. The van der Waals surface area contributed by atoms with Crippen LogP contribution in [0.15, 0.2) is 85.2 Å². The Balaban J connectivity index is 1.49. The molecule has 0 bridgehead atoms. The summed E-state index contributed by atoms with van der Waals surface area (Å²) in [4.78, 5) is 4.72. The van der Waals surface area contributed by atoms with Gasteiger partial charge in [-0.3, -0.25) is 4.40 Å². The molecule has 0 saturated carbocycles. The number of nitrogens with zero attached hydrogens (tertiary/aromatic N) is 2. The Bertz CT molecular complexity index is 1740. The highest BCUT2D eigenvalue weighted by Gasteiger charge is 2.28. The van der Waals surface area contributed by atoms with E-state index in [1.54, 1.807) is 0 Å². The molecule has 0 fully saturated rings. The van der Waals surface area contributed by atoms with Gasteiger partial charge in [0.05, 0.1) is 5.52 Å². The first-order chi connectivity index (χ1) is 15.4. The van der Waals surface area contributed by atoms with Crippen LogP contribution in [0.3, 0.4) is 0 Å². The molecule has 2 aromatic heterocycles. The largest absolute Gasteiger partial charge is 0.299 e. The molecule has 4 aromatic carbocycles. The Morgan fingerprint density at radius 1 is 0.645 bits per heavy atom. The highest BCUT2D eigenvalue weighted by Crippen LogP contribution is 2.49. The summed E-state index contributed by atoms with van der Waals surface area (Å²) >= 11 is 0. The number of para-hydroxylation sites is 1. The van der Waals surface area contributed by atoms with E-state index >= 15 is 0 Å². The van der Waals surface area contributed by atoms with Crippen LogP contribution in [-0.4, -0.2) is 9.38 Å². The molecule has 0 saturated heterocycles. The first-order valence-corrected chi connectivity index (χ1v) is 10.9. The summed E-state index contributed by atoms with van der Waals surface area (Å²) in [6, 6.07) is 27.1. The van der Waals surface area contributed by atoms with E-state index in [-0.39, 0.29) is 0 Å². The SMILES string of the molecule is c1ccc2c(c1)Cc1c-2ccc2c1-c1cc3c4ccccc4n4ccnc4c3cc1C2. The van der Waals surface area contributed by atoms with Crippen molar-refractivity contribution in [3.05, 3.63) is 107 Å². The summed E-state index contributed by atoms with van der Waals surface area (Å²) < 4.78 is 2.22. The number of aromatic nitrogens is 2. The van der Waals surface area contributed by atoms with Crippen LogP contribution in [0.1, 0.15) is 22.3 Å². The second-order valence-corrected chi connectivity index (χ2v) is 8.83. The standard InChI is InChI=1S/C29H18N2/c1-2-6-20-17(5-1)14-25-21(20)10-9-18-13-19-15-26-24(16-23(19)28(18)25)22-7-3-4-8-27(22)31-12-11-30-29(26)31/h1-12,15-16H,13-14H2. The van der Waals surface area contributed by atoms with Gasteiger partial charge in [-0.1, -0.05) is 54.6 Å². The van der Waals surface area contributed by atoms with Crippen LogP contribution in [0.5, 0.6) is 0 Å². The molecule has 8 rings (SSSR count). The monoisotopic (exact) mass is 394 g/mol. The molecule has 0 atom stereocenters. The van der Waals surface area contributed by atoms with Crippen LogP contribution >= 0.6 is 0 Å².